The van der Waals surface area contributed by atoms with Crippen molar-refractivity contribution in [3.63, 3.8) is 0 Å². The van der Waals surface area contributed by atoms with Crippen LogP contribution in [0.15, 0.2) is 6.07 Å². The van der Waals surface area contributed by atoms with Crippen LogP contribution in [0.5, 0.6) is 0 Å². The van der Waals surface area contributed by atoms with E-state index in [-0.39, 0.29) is 11.8 Å². The average Bonchev–Trinajstić information content (AvgIpc) is 3.20. The number of nitrogens with zero attached hydrogens (tertiary/aromatic N) is 3. The van der Waals surface area contributed by atoms with Gasteiger partial charge in [-0.15, -0.1) is 11.3 Å². The van der Waals surface area contributed by atoms with Crippen molar-refractivity contribution in [2.75, 3.05) is 19.0 Å². The number of amides is 2. The number of rotatable bonds is 4. The summed E-state index contributed by atoms with van der Waals surface area (Å²) in [5, 5.41) is 7.52. The van der Waals surface area contributed by atoms with Crippen LogP contribution in [-0.4, -0.2) is 46.1 Å². The molecule has 144 valence electrons. The smallest absolute Gasteiger partial charge is 0.341 e. The molecule has 2 amide bonds. The van der Waals surface area contributed by atoms with Crippen molar-refractivity contribution in [3.05, 3.63) is 33.5 Å². The summed E-state index contributed by atoms with van der Waals surface area (Å²) in [6.07, 6.45) is 0.551. The van der Waals surface area contributed by atoms with E-state index in [4.69, 9.17) is 4.74 Å². The summed E-state index contributed by atoms with van der Waals surface area (Å²) in [4.78, 5) is 39.3. The van der Waals surface area contributed by atoms with E-state index >= 15 is 0 Å². The highest BCUT2D eigenvalue weighted by molar-refractivity contribution is 7.17. The van der Waals surface area contributed by atoms with Crippen LogP contribution < -0.4 is 5.32 Å². The lowest BCUT2D eigenvalue weighted by Gasteiger charge is -2.25. The quantitative estimate of drug-likeness (QED) is 0.808. The van der Waals surface area contributed by atoms with Gasteiger partial charge < -0.3 is 15.0 Å². The average molecular weight is 390 g/mol. The second-order valence-electron chi connectivity index (χ2n) is 6.33. The molecule has 0 fully saturated rings. The van der Waals surface area contributed by atoms with Crippen LogP contribution in [0.3, 0.4) is 0 Å². The Morgan fingerprint density at radius 1 is 1.37 bits per heavy atom. The van der Waals surface area contributed by atoms with E-state index in [2.05, 4.69) is 10.4 Å². The molecule has 2 aromatic heterocycles. The number of aromatic nitrogens is 2. The van der Waals surface area contributed by atoms with Crippen LogP contribution in [0.4, 0.5) is 5.00 Å². The number of esters is 1. The van der Waals surface area contributed by atoms with Crippen molar-refractivity contribution in [2.24, 2.45) is 0 Å². The Kier molecular flexibility index (Phi) is 5.31. The van der Waals surface area contributed by atoms with Gasteiger partial charge in [0.05, 0.1) is 19.2 Å². The van der Waals surface area contributed by atoms with Gasteiger partial charge in [0.1, 0.15) is 5.00 Å². The van der Waals surface area contributed by atoms with E-state index in [0.717, 1.165) is 16.1 Å². The minimum Gasteiger partial charge on any atom is -0.465 e. The molecule has 0 aromatic carbocycles. The first-order valence-corrected chi connectivity index (χ1v) is 9.51. The molecule has 0 atom stereocenters. The first-order chi connectivity index (χ1) is 12.8. The molecule has 3 rings (SSSR count). The van der Waals surface area contributed by atoms with Gasteiger partial charge in [0, 0.05) is 30.6 Å². The summed E-state index contributed by atoms with van der Waals surface area (Å²) in [5.74, 6) is -0.883. The third-order valence-electron chi connectivity index (χ3n) is 4.63. The highest BCUT2D eigenvalue weighted by atomic mass is 32.1. The number of ether oxygens (including phenoxy) is 1. The fourth-order valence-corrected chi connectivity index (χ4v) is 4.43. The van der Waals surface area contributed by atoms with Crippen LogP contribution >= 0.6 is 11.3 Å². The van der Waals surface area contributed by atoms with E-state index in [1.54, 1.807) is 15.6 Å². The monoisotopic (exact) mass is 390 g/mol. The second kappa shape index (κ2) is 7.51. The number of anilines is 1. The number of thiophene rings is 1. The van der Waals surface area contributed by atoms with Gasteiger partial charge in [0.2, 0.25) is 5.91 Å². The zero-order valence-corrected chi connectivity index (χ0v) is 16.6. The van der Waals surface area contributed by atoms with Crippen LogP contribution in [0, 0.1) is 6.92 Å². The lowest BCUT2D eigenvalue weighted by molar-refractivity contribution is -0.129. The molecule has 0 unspecified atom stereocenters. The van der Waals surface area contributed by atoms with Crippen LogP contribution in [0.25, 0.3) is 0 Å². The van der Waals surface area contributed by atoms with E-state index < -0.39 is 5.97 Å². The largest absolute Gasteiger partial charge is 0.465 e. The molecule has 0 saturated carbocycles. The fourth-order valence-electron chi connectivity index (χ4n) is 3.19. The van der Waals surface area contributed by atoms with Gasteiger partial charge in [-0.05, 0) is 31.9 Å². The van der Waals surface area contributed by atoms with Crippen LogP contribution in [0.1, 0.15) is 50.8 Å². The predicted molar refractivity (Wildman–Crippen MR) is 101 cm³/mol. The number of fused-ring (bicyclic) bond motifs is 1. The Balaban J connectivity index is 1.93. The lowest BCUT2D eigenvalue weighted by atomic mass is 10.0. The molecule has 3 heterocycles. The summed E-state index contributed by atoms with van der Waals surface area (Å²) >= 11 is 1.31. The number of carbonyl (C=O) groups is 3. The Morgan fingerprint density at radius 2 is 2.11 bits per heavy atom. The number of hydrogen-bond donors (Lipinski definition) is 1. The first-order valence-electron chi connectivity index (χ1n) is 8.69. The molecular formula is C18H22N4O4S. The molecule has 0 saturated heterocycles. The van der Waals surface area contributed by atoms with Crippen LogP contribution in [-0.2, 0) is 29.0 Å². The topological polar surface area (TPSA) is 93.5 Å². The zero-order chi connectivity index (χ0) is 19.7. The molecule has 1 N–H and O–H groups in total. The summed E-state index contributed by atoms with van der Waals surface area (Å²) in [6, 6.07) is 1.71. The van der Waals surface area contributed by atoms with E-state index in [9.17, 15) is 14.4 Å². The van der Waals surface area contributed by atoms with Crippen molar-refractivity contribution < 1.29 is 19.1 Å². The van der Waals surface area contributed by atoms with Gasteiger partial charge in [-0.25, -0.2) is 4.79 Å². The van der Waals surface area contributed by atoms with E-state index in [1.807, 2.05) is 13.8 Å². The van der Waals surface area contributed by atoms with Crippen LogP contribution in [0.2, 0.25) is 0 Å². The van der Waals surface area contributed by atoms with Crippen molar-refractivity contribution in [1.29, 1.82) is 0 Å². The summed E-state index contributed by atoms with van der Waals surface area (Å²) in [6.45, 7) is 6.99. The normalized spacial score (nSPS) is 13.3. The minimum absolute atomic E-state index is 0.0140. The molecule has 2 aromatic rings. The van der Waals surface area contributed by atoms with Gasteiger partial charge in [-0.2, -0.15) is 5.10 Å². The maximum atomic E-state index is 12.6. The summed E-state index contributed by atoms with van der Waals surface area (Å²) < 4.78 is 6.66. The van der Waals surface area contributed by atoms with Gasteiger partial charge in [0.15, 0.2) is 5.69 Å². The number of nitrogens with one attached hydrogen (secondary N) is 1. The maximum absolute atomic E-state index is 12.6. The fraction of sp³-hybridized carbons (Fsp3) is 0.444. The Labute approximate surface area is 161 Å². The number of hydrogen-bond acceptors (Lipinski definition) is 6. The van der Waals surface area contributed by atoms with Gasteiger partial charge in [-0.1, -0.05) is 0 Å². The molecule has 1 aliphatic heterocycles. The standard InChI is InChI=1S/C18H22N4O4S/c1-5-22-10(2)8-13(20-22)16(24)19-17-15(18(25)26-4)12-6-7-21(11(3)23)9-14(12)27-17/h8H,5-7,9H2,1-4H3,(H,19,24). The number of aryl methyl sites for hydroxylation is 2. The second-order valence-corrected chi connectivity index (χ2v) is 7.44. The number of methoxy groups -OCH3 is 1. The lowest BCUT2D eigenvalue weighted by Crippen LogP contribution is -2.33. The molecule has 9 heteroatoms. The third kappa shape index (κ3) is 3.59. The molecule has 0 spiro atoms. The van der Waals surface area contributed by atoms with Crippen molar-refractivity contribution in [2.45, 2.75) is 40.3 Å². The van der Waals surface area contributed by atoms with Crippen molar-refractivity contribution in [1.82, 2.24) is 14.7 Å². The highest BCUT2D eigenvalue weighted by Crippen LogP contribution is 2.37. The van der Waals surface area contributed by atoms with E-state index in [1.165, 1.54) is 25.4 Å². The third-order valence-corrected chi connectivity index (χ3v) is 5.76. The molecule has 0 bridgehead atoms. The molecule has 27 heavy (non-hydrogen) atoms. The maximum Gasteiger partial charge on any atom is 0.341 e. The van der Waals surface area contributed by atoms with Crippen molar-refractivity contribution in [3.8, 4) is 0 Å². The SMILES string of the molecule is CCn1nc(C(=O)Nc2sc3c(c2C(=O)OC)CCN(C(C)=O)C3)cc1C. The predicted octanol–water partition coefficient (Wildman–Crippen LogP) is 2.22. The molecular weight excluding hydrogens is 368 g/mol. The Morgan fingerprint density at radius 3 is 2.70 bits per heavy atom. The van der Waals surface area contributed by atoms with Gasteiger partial charge in [-0.3, -0.25) is 14.3 Å². The molecule has 8 nitrogen and oxygen atoms in total. The summed E-state index contributed by atoms with van der Waals surface area (Å²) in [5.41, 5.74) is 2.40. The number of carbonyl (C=O) groups excluding carboxylic acids is 3. The van der Waals surface area contributed by atoms with Crippen molar-refractivity contribution >= 4 is 34.1 Å². The zero-order valence-electron chi connectivity index (χ0n) is 15.8. The Bertz CT molecular complexity index is 915. The molecule has 0 radical (unpaired) electrons. The highest BCUT2D eigenvalue weighted by Gasteiger charge is 2.30. The van der Waals surface area contributed by atoms with Gasteiger partial charge in [0.25, 0.3) is 5.91 Å². The van der Waals surface area contributed by atoms with E-state index in [0.29, 0.717) is 42.3 Å². The first kappa shape index (κ1) is 19.1. The molecule has 0 aliphatic carbocycles. The molecule has 1 aliphatic rings. The summed E-state index contributed by atoms with van der Waals surface area (Å²) in [7, 11) is 1.31. The minimum atomic E-state index is -0.491. The van der Waals surface area contributed by atoms with Gasteiger partial charge >= 0.3 is 5.97 Å². The Hall–Kier alpha value is -2.68.